The number of halogens is 5. The summed E-state index contributed by atoms with van der Waals surface area (Å²) in [5.41, 5.74) is 1.09. The van der Waals surface area contributed by atoms with E-state index in [4.69, 9.17) is 58.0 Å². The molecule has 0 spiro atoms. The van der Waals surface area contributed by atoms with Crippen molar-refractivity contribution in [3.05, 3.63) is 10.0 Å². The Balaban J connectivity index is 0. The minimum atomic E-state index is 0.0895. The van der Waals surface area contributed by atoms with E-state index >= 15 is 0 Å². The number of hydrogen-bond acceptors (Lipinski definition) is 0. The van der Waals surface area contributed by atoms with Crippen LogP contribution in [-0.4, -0.2) is 11.8 Å². The molecule has 0 fully saturated rings. The van der Waals surface area contributed by atoms with Crippen LogP contribution in [0, 0.1) is 0 Å². The highest BCUT2D eigenvalue weighted by Crippen LogP contribution is 2.05. The highest BCUT2D eigenvalue weighted by molar-refractivity contribution is 6.58. The lowest BCUT2D eigenvalue weighted by Crippen LogP contribution is -1.63. The highest BCUT2D eigenvalue weighted by Gasteiger charge is 1.70. The number of rotatable bonds is 1. The molecule has 56 valence electrons. The average molecular weight is 230 g/mol. The zero-order valence-electron chi connectivity index (χ0n) is 4.38. The Hall–Kier alpha value is 1.19. The van der Waals surface area contributed by atoms with Crippen LogP contribution in [0.4, 0.5) is 0 Å². The second-order valence-corrected chi connectivity index (χ2v) is 2.76. The summed E-state index contributed by atoms with van der Waals surface area (Å²) in [6.07, 6.45) is 0. The largest absolute Gasteiger partial charge is 0.125 e. The van der Waals surface area contributed by atoms with Gasteiger partial charge in [-0.2, -0.15) is 0 Å². The zero-order chi connectivity index (χ0) is 7.70. The molecule has 0 saturated carbocycles. The van der Waals surface area contributed by atoms with Crippen LogP contribution in [0.3, 0.4) is 0 Å². The highest BCUT2D eigenvalue weighted by atomic mass is 35.5. The van der Waals surface area contributed by atoms with Gasteiger partial charge in [-0.15, -0.1) is 23.2 Å². The Morgan fingerprint density at radius 3 is 1.33 bits per heavy atom. The Morgan fingerprint density at radius 1 is 1.11 bits per heavy atom. The van der Waals surface area contributed by atoms with Crippen LogP contribution in [0.25, 0.3) is 0 Å². The minimum absolute atomic E-state index is 0.0895. The van der Waals surface area contributed by atoms with Crippen LogP contribution in [0.2, 0.25) is 0 Å². The van der Waals surface area contributed by atoms with Gasteiger partial charge < -0.3 is 0 Å². The van der Waals surface area contributed by atoms with E-state index in [2.05, 4.69) is 0 Å². The van der Waals surface area contributed by atoms with Crippen LogP contribution >= 0.6 is 58.0 Å². The minimum Gasteiger partial charge on any atom is -0.125 e. The molecule has 0 amide bonds. The lowest BCUT2D eigenvalue weighted by atomic mass is 11.0. The normalized spacial score (nSPS) is 7.22. The first-order valence-corrected chi connectivity index (χ1v) is 4.18. The first-order valence-electron chi connectivity index (χ1n) is 1.92. The summed E-state index contributed by atoms with van der Waals surface area (Å²) in [4.78, 5) is 0. The molecule has 0 bridgehead atoms. The molecule has 9 heavy (non-hydrogen) atoms. The quantitative estimate of drug-likeness (QED) is 0.598. The second-order valence-electron chi connectivity index (χ2n) is 0.777. The van der Waals surface area contributed by atoms with Gasteiger partial charge in [-0.3, -0.25) is 0 Å². The van der Waals surface area contributed by atoms with Gasteiger partial charge in [0.1, 0.15) is 4.49 Å². The molecule has 0 aromatic heterocycles. The predicted molar refractivity (Wildman–Crippen MR) is 47.1 cm³/mol. The van der Waals surface area contributed by atoms with E-state index < -0.39 is 0 Å². The molecule has 0 atom stereocenters. The summed E-state index contributed by atoms with van der Waals surface area (Å²) in [6.45, 7) is 0. The second kappa shape index (κ2) is 11.9. The van der Waals surface area contributed by atoms with Crippen LogP contribution in [0.5, 0.6) is 0 Å². The maximum atomic E-state index is 5.05. The van der Waals surface area contributed by atoms with Crippen molar-refractivity contribution < 1.29 is 0 Å². The summed E-state index contributed by atoms with van der Waals surface area (Å²) >= 11 is 24.9. The third-order valence-electron chi connectivity index (χ3n) is 0.154. The van der Waals surface area contributed by atoms with Crippen molar-refractivity contribution in [2.24, 2.45) is 0 Å². The molecule has 0 aromatic rings. The van der Waals surface area contributed by atoms with Crippen molar-refractivity contribution in [1.82, 2.24) is 0 Å². The van der Waals surface area contributed by atoms with Crippen molar-refractivity contribution in [3.63, 3.8) is 0 Å². The van der Waals surface area contributed by atoms with E-state index in [0.717, 1.165) is 5.54 Å². The number of alkyl halides is 2. The van der Waals surface area contributed by atoms with Crippen molar-refractivity contribution in [1.29, 1.82) is 0 Å². The van der Waals surface area contributed by atoms with E-state index in [9.17, 15) is 0 Å². The maximum absolute atomic E-state index is 5.05. The van der Waals surface area contributed by atoms with Crippen LogP contribution < -0.4 is 0 Å². The van der Waals surface area contributed by atoms with E-state index in [1.807, 2.05) is 0 Å². The summed E-state index contributed by atoms with van der Waals surface area (Å²) in [7, 11) is 0. The lowest BCUT2D eigenvalue weighted by molar-refractivity contribution is 1.52. The standard InChI is InChI=1S/C2HCl3.C2H4Cl2/c3-1-2(4)5;3-1-2-4/h1H;1-2H2. The molecule has 5 heteroatoms. The summed E-state index contributed by atoms with van der Waals surface area (Å²) in [5, 5.41) is 0. The predicted octanol–water partition coefficient (Wildman–Crippen LogP) is 3.97. The van der Waals surface area contributed by atoms with E-state index in [1.54, 1.807) is 0 Å². The first-order chi connectivity index (χ1) is 4.18. The third kappa shape index (κ3) is 27.1. The Kier molecular flexibility index (Phi) is 17.0. The summed E-state index contributed by atoms with van der Waals surface area (Å²) < 4.78 is 0.0895. The summed E-state index contributed by atoms with van der Waals surface area (Å²) in [6, 6.07) is 0. The maximum Gasteiger partial charge on any atom is 0.118 e. The Bertz CT molecular complexity index is 63.4. The van der Waals surface area contributed by atoms with E-state index in [1.165, 1.54) is 0 Å². The molecule has 0 N–H and O–H groups in total. The average Bonchev–Trinajstić information content (AvgIpc) is 1.89. The molecule has 0 heterocycles. The summed E-state index contributed by atoms with van der Waals surface area (Å²) in [5.74, 6) is 1.11. The van der Waals surface area contributed by atoms with Gasteiger partial charge in [-0.25, -0.2) is 0 Å². The van der Waals surface area contributed by atoms with Gasteiger partial charge in [0.05, 0.1) is 0 Å². The van der Waals surface area contributed by atoms with Gasteiger partial charge >= 0.3 is 0 Å². The Labute approximate surface area is 79.7 Å². The fraction of sp³-hybridized carbons (Fsp3) is 0.500. The molecule has 0 aromatic carbocycles. The van der Waals surface area contributed by atoms with Gasteiger partial charge in [0.2, 0.25) is 0 Å². The topological polar surface area (TPSA) is 0 Å². The van der Waals surface area contributed by atoms with Crippen molar-refractivity contribution >= 4 is 58.0 Å². The fourth-order valence-corrected chi connectivity index (χ4v) is 0. The monoisotopic (exact) mass is 228 g/mol. The van der Waals surface area contributed by atoms with Gasteiger partial charge in [0, 0.05) is 17.3 Å². The van der Waals surface area contributed by atoms with Crippen LogP contribution in [0.1, 0.15) is 0 Å². The molecule has 0 rings (SSSR count). The van der Waals surface area contributed by atoms with E-state index in [-0.39, 0.29) is 4.49 Å². The van der Waals surface area contributed by atoms with Gasteiger partial charge in [0.25, 0.3) is 0 Å². The zero-order valence-corrected chi connectivity index (χ0v) is 8.16. The van der Waals surface area contributed by atoms with E-state index in [0.29, 0.717) is 11.8 Å². The van der Waals surface area contributed by atoms with Crippen molar-refractivity contribution in [2.75, 3.05) is 11.8 Å². The molecule has 0 radical (unpaired) electrons. The molecule has 0 unspecified atom stereocenters. The molecule has 0 aliphatic heterocycles. The van der Waals surface area contributed by atoms with Crippen LogP contribution in [0.15, 0.2) is 10.0 Å². The SMILES string of the molecule is ClC=C(Cl)Cl.ClCCCl. The van der Waals surface area contributed by atoms with Gasteiger partial charge in [0.15, 0.2) is 0 Å². The molecular weight excluding hydrogens is 225 g/mol. The lowest BCUT2D eigenvalue weighted by Gasteiger charge is -1.64. The smallest absolute Gasteiger partial charge is 0.118 e. The Morgan fingerprint density at radius 2 is 1.33 bits per heavy atom. The number of hydrogen-bond donors (Lipinski definition) is 0. The molecule has 0 saturated heterocycles. The van der Waals surface area contributed by atoms with Crippen molar-refractivity contribution in [3.8, 4) is 0 Å². The molecule has 0 nitrogen and oxygen atoms in total. The van der Waals surface area contributed by atoms with Crippen molar-refractivity contribution in [2.45, 2.75) is 0 Å². The van der Waals surface area contributed by atoms with Crippen LogP contribution in [-0.2, 0) is 0 Å². The van der Waals surface area contributed by atoms with Gasteiger partial charge in [-0.1, -0.05) is 34.8 Å². The van der Waals surface area contributed by atoms with Gasteiger partial charge in [-0.05, 0) is 0 Å². The molecular formula is C4H5Cl5. The fourth-order valence-electron chi connectivity index (χ4n) is 0. The molecule has 0 aliphatic rings. The third-order valence-corrected chi connectivity index (χ3v) is 1.39. The molecule has 0 aliphatic carbocycles. The first kappa shape index (κ1) is 12.8.